The van der Waals surface area contributed by atoms with Gasteiger partial charge in [0, 0.05) is 30.0 Å². The standard InChI is InChI=1S/C26H27N3O7S/c1-4-34-26(30)23-16(2)20-15-18(9-10-22(20)35-23)37(31,32)29-13-11-17(12-14-29)24-27-28-25(36-24)19-7-5-6-8-21(19)33-3/h5-10,15,17H,4,11-14H2,1-3H3. The maximum absolute atomic E-state index is 13.4. The lowest BCUT2D eigenvalue weighted by Crippen LogP contribution is -2.37. The number of sulfonamides is 1. The van der Waals surface area contributed by atoms with Crippen LogP contribution >= 0.6 is 0 Å². The topological polar surface area (TPSA) is 125 Å². The Hall–Kier alpha value is -3.70. The van der Waals surface area contributed by atoms with Gasteiger partial charge in [0.05, 0.1) is 24.2 Å². The molecule has 0 spiro atoms. The van der Waals surface area contributed by atoms with Crippen molar-refractivity contribution >= 4 is 27.0 Å². The lowest BCUT2D eigenvalue weighted by atomic mass is 9.98. The first kappa shape index (κ1) is 25.0. The summed E-state index contributed by atoms with van der Waals surface area (Å²) in [5.74, 6) is 0.955. The van der Waals surface area contributed by atoms with Gasteiger partial charge in [0.2, 0.25) is 21.7 Å². The molecule has 1 aliphatic heterocycles. The van der Waals surface area contributed by atoms with Crippen LogP contribution in [0.3, 0.4) is 0 Å². The Morgan fingerprint density at radius 3 is 2.59 bits per heavy atom. The molecule has 3 heterocycles. The van der Waals surface area contributed by atoms with Crippen LogP contribution in [0, 0.1) is 6.92 Å². The highest BCUT2D eigenvalue weighted by Crippen LogP contribution is 2.35. The fourth-order valence-electron chi connectivity index (χ4n) is 4.57. The summed E-state index contributed by atoms with van der Waals surface area (Å²) < 4.78 is 50.3. The van der Waals surface area contributed by atoms with Gasteiger partial charge in [-0.2, -0.15) is 4.31 Å². The van der Waals surface area contributed by atoms with Crippen LogP contribution in [0.2, 0.25) is 0 Å². The summed E-state index contributed by atoms with van der Waals surface area (Å²) in [4.78, 5) is 12.3. The lowest BCUT2D eigenvalue weighted by Gasteiger charge is -2.29. The van der Waals surface area contributed by atoms with Gasteiger partial charge in [-0.1, -0.05) is 12.1 Å². The number of esters is 1. The molecule has 0 saturated carbocycles. The summed E-state index contributed by atoms with van der Waals surface area (Å²) in [5.41, 5.74) is 1.69. The molecule has 5 rings (SSSR count). The highest BCUT2D eigenvalue weighted by atomic mass is 32.2. The van der Waals surface area contributed by atoms with Gasteiger partial charge < -0.3 is 18.3 Å². The first-order valence-corrected chi connectivity index (χ1v) is 13.4. The summed E-state index contributed by atoms with van der Waals surface area (Å²) in [7, 11) is -2.17. The van der Waals surface area contributed by atoms with Gasteiger partial charge in [0.1, 0.15) is 11.3 Å². The van der Waals surface area contributed by atoms with Crippen molar-refractivity contribution in [2.24, 2.45) is 0 Å². The van der Waals surface area contributed by atoms with Gasteiger partial charge in [-0.3, -0.25) is 0 Å². The molecule has 0 amide bonds. The molecule has 194 valence electrons. The lowest BCUT2D eigenvalue weighted by molar-refractivity contribution is 0.0491. The Kier molecular flexibility index (Phi) is 6.74. The number of piperidine rings is 1. The Labute approximate surface area is 214 Å². The number of fused-ring (bicyclic) bond motifs is 1. The second-order valence-electron chi connectivity index (χ2n) is 8.76. The Bertz CT molecular complexity index is 1550. The van der Waals surface area contributed by atoms with Gasteiger partial charge >= 0.3 is 5.97 Å². The van der Waals surface area contributed by atoms with Crippen molar-refractivity contribution in [1.82, 2.24) is 14.5 Å². The number of carbonyl (C=O) groups is 1. The zero-order valence-corrected chi connectivity index (χ0v) is 21.6. The van der Waals surface area contributed by atoms with E-state index in [1.807, 2.05) is 24.3 Å². The van der Waals surface area contributed by atoms with E-state index in [4.69, 9.17) is 18.3 Å². The third-order valence-corrected chi connectivity index (χ3v) is 8.48. The zero-order valence-electron chi connectivity index (χ0n) is 20.8. The van der Waals surface area contributed by atoms with Crippen LogP contribution in [0.4, 0.5) is 0 Å². The third kappa shape index (κ3) is 4.60. The quantitative estimate of drug-likeness (QED) is 0.320. The monoisotopic (exact) mass is 525 g/mol. The van der Waals surface area contributed by atoms with Crippen molar-refractivity contribution in [2.75, 3.05) is 26.8 Å². The average molecular weight is 526 g/mol. The maximum atomic E-state index is 13.4. The molecule has 0 atom stereocenters. The van der Waals surface area contributed by atoms with E-state index >= 15 is 0 Å². The second kappa shape index (κ2) is 9.98. The molecule has 0 aliphatic carbocycles. The van der Waals surface area contributed by atoms with E-state index in [2.05, 4.69) is 10.2 Å². The highest BCUT2D eigenvalue weighted by Gasteiger charge is 2.33. The van der Waals surface area contributed by atoms with Crippen LogP contribution in [-0.2, 0) is 14.8 Å². The highest BCUT2D eigenvalue weighted by molar-refractivity contribution is 7.89. The molecule has 0 unspecified atom stereocenters. The Morgan fingerprint density at radius 1 is 1.11 bits per heavy atom. The van der Waals surface area contributed by atoms with Crippen LogP contribution in [-0.4, -0.2) is 55.7 Å². The number of rotatable bonds is 7. The fourth-order valence-corrected chi connectivity index (χ4v) is 6.07. The number of hydrogen-bond acceptors (Lipinski definition) is 9. The normalized spacial score (nSPS) is 15.2. The van der Waals surface area contributed by atoms with E-state index in [1.54, 1.807) is 33.1 Å². The number of aromatic nitrogens is 2. The number of aryl methyl sites for hydroxylation is 1. The second-order valence-corrected chi connectivity index (χ2v) is 10.7. The minimum Gasteiger partial charge on any atom is -0.496 e. The largest absolute Gasteiger partial charge is 0.496 e. The molecule has 1 saturated heterocycles. The van der Waals surface area contributed by atoms with Crippen LogP contribution < -0.4 is 4.74 Å². The number of methoxy groups -OCH3 is 1. The van der Waals surface area contributed by atoms with Gasteiger partial charge in [0.15, 0.2) is 0 Å². The number of furan rings is 1. The molecule has 37 heavy (non-hydrogen) atoms. The predicted octanol–water partition coefficient (Wildman–Crippen LogP) is 4.54. The summed E-state index contributed by atoms with van der Waals surface area (Å²) in [5, 5.41) is 8.96. The predicted molar refractivity (Wildman–Crippen MR) is 134 cm³/mol. The van der Waals surface area contributed by atoms with Gasteiger partial charge in [-0.15, -0.1) is 10.2 Å². The van der Waals surface area contributed by atoms with E-state index in [0.29, 0.717) is 65.6 Å². The van der Waals surface area contributed by atoms with Gasteiger partial charge in [-0.05, 0) is 57.0 Å². The SMILES string of the molecule is CCOC(=O)c1oc2ccc(S(=O)(=O)N3CCC(c4nnc(-c5ccccc5OC)o4)CC3)cc2c1C. The molecule has 2 aromatic carbocycles. The molecule has 0 N–H and O–H groups in total. The number of ether oxygens (including phenoxy) is 2. The summed E-state index contributed by atoms with van der Waals surface area (Å²) in [6.45, 7) is 4.27. The van der Waals surface area contributed by atoms with Crippen LogP contribution in [0.1, 0.15) is 47.7 Å². The number of benzene rings is 2. The Balaban J connectivity index is 1.32. The molecule has 2 aromatic heterocycles. The fraction of sp³-hybridized carbons (Fsp3) is 0.346. The molecule has 11 heteroatoms. The van der Waals surface area contributed by atoms with Crippen molar-refractivity contribution < 1.29 is 31.5 Å². The number of nitrogens with zero attached hydrogens (tertiary/aromatic N) is 3. The summed E-state index contributed by atoms with van der Waals surface area (Å²) in [6.07, 6.45) is 1.10. The first-order chi connectivity index (χ1) is 17.8. The van der Waals surface area contributed by atoms with Crippen molar-refractivity contribution in [1.29, 1.82) is 0 Å². The smallest absolute Gasteiger partial charge is 0.374 e. The minimum atomic E-state index is -3.75. The zero-order chi connectivity index (χ0) is 26.2. The van der Waals surface area contributed by atoms with Crippen LogP contribution in [0.15, 0.2) is 56.2 Å². The third-order valence-electron chi connectivity index (χ3n) is 6.59. The minimum absolute atomic E-state index is 0.0480. The van der Waals surface area contributed by atoms with E-state index in [1.165, 1.54) is 10.4 Å². The molecule has 4 aromatic rings. The molecular formula is C26H27N3O7S. The number of para-hydroxylation sites is 1. The van der Waals surface area contributed by atoms with E-state index in [-0.39, 0.29) is 23.2 Å². The van der Waals surface area contributed by atoms with E-state index < -0.39 is 16.0 Å². The van der Waals surface area contributed by atoms with Gasteiger partial charge in [-0.25, -0.2) is 13.2 Å². The van der Waals surface area contributed by atoms with E-state index in [0.717, 1.165) is 0 Å². The van der Waals surface area contributed by atoms with Crippen molar-refractivity contribution in [3.8, 4) is 17.2 Å². The average Bonchev–Trinajstić information content (AvgIpc) is 3.54. The maximum Gasteiger partial charge on any atom is 0.374 e. The number of carbonyl (C=O) groups excluding carboxylic acids is 1. The summed E-state index contributed by atoms with van der Waals surface area (Å²) in [6, 6.07) is 12.0. The van der Waals surface area contributed by atoms with Gasteiger partial charge in [0.25, 0.3) is 5.89 Å². The Morgan fingerprint density at radius 2 is 1.86 bits per heavy atom. The molecule has 10 nitrogen and oxygen atoms in total. The molecule has 1 aliphatic rings. The van der Waals surface area contributed by atoms with E-state index in [9.17, 15) is 13.2 Å². The number of hydrogen-bond donors (Lipinski definition) is 0. The van der Waals surface area contributed by atoms with Crippen molar-refractivity contribution in [2.45, 2.75) is 37.5 Å². The van der Waals surface area contributed by atoms with Crippen LogP contribution in [0.5, 0.6) is 5.75 Å². The molecule has 1 fully saturated rings. The van der Waals surface area contributed by atoms with Crippen LogP contribution in [0.25, 0.3) is 22.4 Å². The molecule has 0 radical (unpaired) electrons. The molecular weight excluding hydrogens is 498 g/mol. The first-order valence-electron chi connectivity index (χ1n) is 12.0. The van der Waals surface area contributed by atoms with Crippen molar-refractivity contribution in [3.05, 3.63) is 59.7 Å². The summed E-state index contributed by atoms with van der Waals surface area (Å²) >= 11 is 0. The van der Waals surface area contributed by atoms with Crippen molar-refractivity contribution in [3.63, 3.8) is 0 Å². The molecule has 0 bridgehead atoms.